The Kier molecular flexibility index (Phi) is 7.65. The summed E-state index contributed by atoms with van der Waals surface area (Å²) in [6.07, 6.45) is 9.51. The van der Waals surface area contributed by atoms with Crippen LogP contribution in [0.1, 0.15) is 64.2 Å². The zero-order valence-electron chi connectivity index (χ0n) is 20.0. The lowest BCUT2D eigenvalue weighted by atomic mass is 9.92. The first-order valence-electron chi connectivity index (χ1n) is 12.2. The Hall–Kier alpha value is -2.04. The molecule has 4 rings (SSSR count). The maximum absolute atomic E-state index is 12.6. The topological polar surface area (TPSA) is 105 Å². The van der Waals surface area contributed by atoms with Crippen LogP contribution in [0.4, 0.5) is 5.95 Å². The van der Waals surface area contributed by atoms with Crippen LogP contribution in [-0.4, -0.2) is 70.3 Å². The first-order chi connectivity index (χ1) is 15.8. The Morgan fingerprint density at radius 3 is 2.64 bits per heavy atom. The van der Waals surface area contributed by atoms with Crippen molar-refractivity contribution >= 4 is 16.0 Å². The zero-order chi connectivity index (χ0) is 23.4. The van der Waals surface area contributed by atoms with Crippen LogP contribution < -0.4 is 10.0 Å². The van der Waals surface area contributed by atoms with Crippen molar-refractivity contribution in [3.8, 4) is 11.4 Å². The van der Waals surface area contributed by atoms with Gasteiger partial charge in [-0.1, -0.05) is 0 Å². The normalized spacial score (nSPS) is 22.2. The fraction of sp³-hybridized carbons (Fsp3) is 0.696. The maximum Gasteiger partial charge on any atom is 0.223 e. The van der Waals surface area contributed by atoms with Gasteiger partial charge in [-0.15, -0.1) is 0 Å². The summed E-state index contributed by atoms with van der Waals surface area (Å²) in [5.74, 6) is 1.71. The van der Waals surface area contributed by atoms with Gasteiger partial charge in [-0.25, -0.2) is 28.1 Å². The van der Waals surface area contributed by atoms with Gasteiger partial charge in [-0.3, -0.25) is 0 Å². The summed E-state index contributed by atoms with van der Waals surface area (Å²) in [6, 6.07) is 2.27. The number of aromatic nitrogens is 4. The molecule has 1 saturated carbocycles. The molecule has 182 valence electrons. The minimum absolute atomic E-state index is 0.0481. The van der Waals surface area contributed by atoms with E-state index in [4.69, 9.17) is 4.98 Å². The molecule has 2 fully saturated rings. The van der Waals surface area contributed by atoms with Crippen molar-refractivity contribution in [1.29, 1.82) is 0 Å². The van der Waals surface area contributed by atoms with Crippen LogP contribution in [0, 0.1) is 6.92 Å². The third-order valence-electron chi connectivity index (χ3n) is 6.64. The Balaban J connectivity index is 1.36. The third kappa shape index (κ3) is 6.30. The molecule has 0 radical (unpaired) electrons. The van der Waals surface area contributed by atoms with Crippen molar-refractivity contribution in [3.63, 3.8) is 0 Å². The Labute approximate surface area is 197 Å². The SMILES string of the molecule is Cc1ncc(-c2ccnc(NC3CCCC(NS(=O)(=O)CCN4CCCC4)C3)n2)n1C(C)C. The van der Waals surface area contributed by atoms with Crippen molar-refractivity contribution in [2.75, 3.05) is 30.7 Å². The molecule has 9 nitrogen and oxygen atoms in total. The van der Waals surface area contributed by atoms with Gasteiger partial charge in [0, 0.05) is 30.9 Å². The molecular weight excluding hydrogens is 438 g/mol. The minimum atomic E-state index is -3.28. The second kappa shape index (κ2) is 10.5. The molecule has 2 aromatic heterocycles. The molecule has 0 spiro atoms. The molecule has 2 N–H and O–H groups in total. The number of rotatable bonds is 9. The summed E-state index contributed by atoms with van der Waals surface area (Å²) in [5.41, 5.74) is 1.80. The second-order valence-corrected chi connectivity index (χ2v) is 11.5. The lowest BCUT2D eigenvalue weighted by molar-refractivity contribution is 0.355. The van der Waals surface area contributed by atoms with E-state index in [1.54, 1.807) is 6.20 Å². The lowest BCUT2D eigenvalue weighted by Gasteiger charge is -2.30. The quantitative estimate of drug-likeness (QED) is 0.574. The van der Waals surface area contributed by atoms with Gasteiger partial charge in [0.15, 0.2) is 0 Å². The van der Waals surface area contributed by atoms with E-state index in [-0.39, 0.29) is 23.9 Å². The van der Waals surface area contributed by atoms with Crippen LogP contribution in [0.3, 0.4) is 0 Å². The van der Waals surface area contributed by atoms with Gasteiger partial charge in [0.2, 0.25) is 16.0 Å². The monoisotopic (exact) mass is 475 g/mol. The molecule has 1 aliphatic heterocycles. The predicted octanol–water partition coefficient (Wildman–Crippen LogP) is 2.97. The molecule has 33 heavy (non-hydrogen) atoms. The Morgan fingerprint density at radius 1 is 1.12 bits per heavy atom. The molecule has 2 unspecified atom stereocenters. The lowest BCUT2D eigenvalue weighted by Crippen LogP contribution is -2.44. The van der Waals surface area contributed by atoms with Gasteiger partial charge >= 0.3 is 0 Å². The number of sulfonamides is 1. The molecule has 10 heteroatoms. The van der Waals surface area contributed by atoms with E-state index in [0.29, 0.717) is 12.5 Å². The highest BCUT2D eigenvalue weighted by Crippen LogP contribution is 2.25. The van der Waals surface area contributed by atoms with Gasteiger partial charge in [-0.2, -0.15) is 0 Å². The Bertz CT molecular complexity index is 1030. The maximum atomic E-state index is 12.6. The van der Waals surface area contributed by atoms with Crippen LogP contribution in [0.25, 0.3) is 11.4 Å². The number of nitrogens with one attached hydrogen (secondary N) is 2. The molecular formula is C23H37N7O2S. The fourth-order valence-electron chi connectivity index (χ4n) is 5.04. The van der Waals surface area contributed by atoms with Gasteiger partial charge in [0.25, 0.3) is 0 Å². The summed E-state index contributed by atoms with van der Waals surface area (Å²) in [7, 11) is -3.28. The van der Waals surface area contributed by atoms with E-state index in [9.17, 15) is 8.42 Å². The molecule has 0 aromatic carbocycles. The molecule has 2 aliphatic rings. The van der Waals surface area contributed by atoms with Crippen molar-refractivity contribution < 1.29 is 8.42 Å². The van der Waals surface area contributed by atoms with Gasteiger partial charge in [0.05, 0.1) is 23.3 Å². The van der Waals surface area contributed by atoms with Crippen molar-refractivity contribution in [3.05, 3.63) is 24.3 Å². The van der Waals surface area contributed by atoms with Crippen molar-refractivity contribution in [1.82, 2.24) is 29.1 Å². The first-order valence-corrected chi connectivity index (χ1v) is 13.8. The van der Waals surface area contributed by atoms with Crippen molar-refractivity contribution in [2.24, 2.45) is 0 Å². The molecule has 1 aliphatic carbocycles. The van der Waals surface area contributed by atoms with Gasteiger partial charge in [-0.05, 0) is 78.5 Å². The van der Waals surface area contributed by atoms with E-state index < -0.39 is 10.0 Å². The number of nitrogens with zero attached hydrogens (tertiary/aromatic N) is 5. The summed E-state index contributed by atoms with van der Waals surface area (Å²) < 4.78 is 30.4. The number of likely N-dealkylation sites (tertiary alicyclic amines) is 1. The highest BCUT2D eigenvalue weighted by atomic mass is 32.2. The number of anilines is 1. The average molecular weight is 476 g/mol. The molecule has 0 amide bonds. The van der Waals surface area contributed by atoms with E-state index >= 15 is 0 Å². The fourth-order valence-corrected chi connectivity index (χ4v) is 6.38. The Morgan fingerprint density at radius 2 is 1.88 bits per heavy atom. The van der Waals surface area contributed by atoms with Gasteiger partial charge in [0.1, 0.15) is 5.82 Å². The predicted molar refractivity (Wildman–Crippen MR) is 131 cm³/mol. The van der Waals surface area contributed by atoms with Crippen LogP contribution in [0.2, 0.25) is 0 Å². The van der Waals surface area contributed by atoms with E-state index in [0.717, 1.165) is 56.0 Å². The number of imidazole rings is 1. The summed E-state index contributed by atoms with van der Waals surface area (Å²) in [5, 5.41) is 3.44. The van der Waals surface area contributed by atoms with Crippen LogP contribution >= 0.6 is 0 Å². The standard InChI is InChI=1S/C23H37N7O2S/c1-17(2)30-18(3)25-16-22(30)21-9-10-24-23(27-21)26-19-7-6-8-20(15-19)28-33(31,32)14-13-29-11-4-5-12-29/h9-10,16-17,19-20,28H,4-8,11-15H2,1-3H3,(H,24,26,27). The molecule has 1 saturated heterocycles. The summed E-state index contributed by atoms with van der Waals surface area (Å²) in [6.45, 7) is 8.91. The summed E-state index contributed by atoms with van der Waals surface area (Å²) >= 11 is 0. The molecule has 2 aromatic rings. The largest absolute Gasteiger partial charge is 0.351 e. The highest BCUT2D eigenvalue weighted by molar-refractivity contribution is 7.89. The number of hydrogen-bond donors (Lipinski definition) is 2. The third-order valence-corrected chi connectivity index (χ3v) is 8.06. The van der Waals surface area contributed by atoms with Crippen molar-refractivity contribution in [2.45, 2.75) is 77.4 Å². The first kappa shape index (κ1) is 24.1. The summed E-state index contributed by atoms with van der Waals surface area (Å²) in [4.78, 5) is 15.9. The zero-order valence-corrected chi connectivity index (χ0v) is 20.8. The number of hydrogen-bond acceptors (Lipinski definition) is 7. The van der Waals surface area contributed by atoms with Crippen LogP contribution in [0.15, 0.2) is 18.5 Å². The second-order valence-electron chi connectivity index (χ2n) is 9.61. The van der Waals surface area contributed by atoms with Crippen LogP contribution in [-0.2, 0) is 10.0 Å². The van der Waals surface area contributed by atoms with Crippen LogP contribution in [0.5, 0.6) is 0 Å². The minimum Gasteiger partial charge on any atom is -0.351 e. The van der Waals surface area contributed by atoms with E-state index in [1.807, 2.05) is 19.2 Å². The number of aryl methyl sites for hydroxylation is 1. The molecule has 3 heterocycles. The van der Waals surface area contributed by atoms with E-state index in [1.165, 1.54) is 12.8 Å². The van der Waals surface area contributed by atoms with Gasteiger partial charge < -0.3 is 14.8 Å². The highest BCUT2D eigenvalue weighted by Gasteiger charge is 2.27. The average Bonchev–Trinajstić information content (AvgIpc) is 3.42. The molecule has 0 bridgehead atoms. The smallest absolute Gasteiger partial charge is 0.223 e. The molecule has 2 atom stereocenters. The van der Waals surface area contributed by atoms with E-state index in [2.05, 4.69) is 43.3 Å².